The van der Waals surface area contributed by atoms with Crippen LogP contribution in [0.5, 0.6) is 0 Å². The lowest BCUT2D eigenvalue weighted by Crippen LogP contribution is -2.00. The van der Waals surface area contributed by atoms with E-state index in [4.69, 9.17) is 5.11 Å². The third kappa shape index (κ3) is 1.40. The Kier molecular flexibility index (Phi) is 1.94. The van der Waals surface area contributed by atoms with Gasteiger partial charge in [0.2, 0.25) is 0 Å². The lowest BCUT2D eigenvalue weighted by molar-refractivity contribution is -0.132. The molecule has 0 saturated heterocycles. The highest BCUT2D eigenvalue weighted by molar-refractivity contribution is 5.94. The maximum absolute atomic E-state index is 10.6. The van der Waals surface area contributed by atoms with Crippen molar-refractivity contribution >= 4 is 5.97 Å². The van der Waals surface area contributed by atoms with Gasteiger partial charge < -0.3 is 5.11 Å². The van der Waals surface area contributed by atoms with Gasteiger partial charge in [-0.3, -0.25) is 0 Å². The van der Waals surface area contributed by atoms with E-state index in [0.717, 1.165) is 11.1 Å². The number of rotatable bonds is 1. The molecule has 11 heavy (non-hydrogen) atoms. The molecule has 0 bridgehead atoms. The fraction of sp³-hybridized carbons (Fsp3) is 0.222. The SMILES string of the molecule is CC(C)=C1C=CC=C1C(=O)O. The molecule has 0 aromatic heterocycles. The molecule has 2 nitrogen and oxygen atoms in total. The summed E-state index contributed by atoms with van der Waals surface area (Å²) in [6, 6.07) is 0. The monoisotopic (exact) mass is 150 g/mol. The van der Waals surface area contributed by atoms with Crippen molar-refractivity contribution in [3.63, 3.8) is 0 Å². The normalized spacial score (nSPS) is 15.1. The molecule has 0 aliphatic heterocycles. The van der Waals surface area contributed by atoms with Gasteiger partial charge in [0.05, 0.1) is 5.57 Å². The van der Waals surface area contributed by atoms with Crippen molar-refractivity contribution in [1.82, 2.24) is 0 Å². The summed E-state index contributed by atoms with van der Waals surface area (Å²) < 4.78 is 0. The second-order valence-corrected chi connectivity index (χ2v) is 2.66. The summed E-state index contributed by atoms with van der Waals surface area (Å²) in [6.45, 7) is 3.81. The summed E-state index contributed by atoms with van der Waals surface area (Å²) in [7, 11) is 0. The third-order valence-corrected chi connectivity index (χ3v) is 1.59. The number of hydrogen-bond acceptors (Lipinski definition) is 1. The zero-order valence-corrected chi connectivity index (χ0v) is 6.59. The first-order valence-electron chi connectivity index (χ1n) is 3.42. The minimum Gasteiger partial charge on any atom is -0.478 e. The highest BCUT2D eigenvalue weighted by atomic mass is 16.4. The van der Waals surface area contributed by atoms with Gasteiger partial charge in [-0.15, -0.1) is 0 Å². The van der Waals surface area contributed by atoms with E-state index >= 15 is 0 Å². The Morgan fingerprint density at radius 3 is 2.45 bits per heavy atom. The fourth-order valence-corrected chi connectivity index (χ4v) is 1.04. The zero-order chi connectivity index (χ0) is 8.43. The van der Waals surface area contributed by atoms with Crippen LogP contribution in [-0.4, -0.2) is 11.1 Å². The van der Waals surface area contributed by atoms with Crippen molar-refractivity contribution < 1.29 is 9.90 Å². The fourth-order valence-electron chi connectivity index (χ4n) is 1.04. The molecule has 0 heterocycles. The highest BCUT2D eigenvalue weighted by Crippen LogP contribution is 2.21. The lowest BCUT2D eigenvalue weighted by atomic mass is 10.1. The van der Waals surface area contributed by atoms with Gasteiger partial charge in [-0.2, -0.15) is 0 Å². The molecule has 1 rings (SSSR count). The van der Waals surface area contributed by atoms with Crippen LogP contribution in [0.3, 0.4) is 0 Å². The summed E-state index contributed by atoms with van der Waals surface area (Å²) in [5.74, 6) is -0.855. The quantitative estimate of drug-likeness (QED) is 0.619. The van der Waals surface area contributed by atoms with Crippen molar-refractivity contribution in [1.29, 1.82) is 0 Å². The van der Waals surface area contributed by atoms with Crippen LogP contribution in [0.15, 0.2) is 34.9 Å². The number of hydrogen-bond donors (Lipinski definition) is 1. The predicted octanol–water partition coefficient (Wildman–Crippen LogP) is 1.90. The summed E-state index contributed by atoms with van der Waals surface area (Å²) in [5, 5.41) is 8.69. The number of carbonyl (C=O) groups is 1. The van der Waals surface area contributed by atoms with Gasteiger partial charge in [-0.25, -0.2) is 4.79 Å². The Morgan fingerprint density at radius 1 is 1.45 bits per heavy atom. The Hall–Kier alpha value is -1.31. The molecule has 0 saturated carbocycles. The molecule has 0 unspecified atom stereocenters. The minimum absolute atomic E-state index is 0.394. The highest BCUT2D eigenvalue weighted by Gasteiger charge is 2.14. The summed E-state index contributed by atoms with van der Waals surface area (Å²) in [4.78, 5) is 10.6. The van der Waals surface area contributed by atoms with Crippen molar-refractivity contribution in [2.45, 2.75) is 13.8 Å². The minimum atomic E-state index is -0.855. The van der Waals surface area contributed by atoms with Crippen LogP contribution < -0.4 is 0 Å². The first-order valence-corrected chi connectivity index (χ1v) is 3.42. The van der Waals surface area contributed by atoms with Crippen molar-refractivity contribution in [2.75, 3.05) is 0 Å². The van der Waals surface area contributed by atoms with E-state index < -0.39 is 5.97 Å². The number of aliphatic carboxylic acids is 1. The van der Waals surface area contributed by atoms with Gasteiger partial charge in [-0.1, -0.05) is 17.7 Å². The van der Waals surface area contributed by atoms with Crippen LogP contribution in [0.4, 0.5) is 0 Å². The smallest absolute Gasteiger partial charge is 0.336 e. The van der Waals surface area contributed by atoms with Gasteiger partial charge in [0, 0.05) is 0 Å². The average Bonchev–Trinajstić information content (AvgIpc) is 2.32. The molecule has 1 aliphatic carbocycles. The first-order chi connectivity index (χ1) is 5.13. The molecule has 0 atom stereocenters. The van der Waals surface area contributed by atoms with E-state index in [-0.39, 0.29) is 0 Å². The average molecular weight is 150 g/mol. The zero-order valence-electron chi connectivity index (χ0n) is 6.59. The van der Waals surface area contributed by atoms with Gasteiger partial charge in [-0.05, 0) is 25.5 Å². The van der Waals surface area contributed by atoms with E-state index in [0.29, 0.717) is 5.57 Å². The lowest BCUT2D eigenvalue weighted by Gasteiger charge is -2.00. The third-order valence-electron chi connectivity index (χ3n) is 1.59. The van der Waals surface area contributed by atoms with Gasteiger partial charge >= 0.3 is 5.97 Å². The van der Waals surface area contributed by atoms with Crippen molar-refractivity contribution in [2.24, 2.45) is 0 Å². The number of allylic oxidation sites excluding steroid dienone is 4. The van der Waals surface area contributed by atoms with E-state index in [1.807, 2.05) is 19.9 Å². The summed E-state index contributed by atoms with van der Waals surface area (Å²) >= 11 is 0. The molecule has 58 valence electrons. The Balaban J connectivity index is 3.05. The van der Waals surface area contributed by atoms with Crippen LogP contribution >= 0.6 is 0 Å². The van der Waals surface area contributed by atoms with E-state index in [1.54, 1.807) is 12.2 Å². The maximum atomic E-state index is 10.6. The van der Waals surface area contributed by atoms with Gasteiger partial charge in [0.15, 0.2) is 0 Å². The molecular weight excluding hydrogens is 140 g/mol. The standard InChI is InChI=1S/C9H10O2/c1-6(2)7-4-3-5-8(7)9(10)11/h3-5H,1-2H3,(H,10,11). The summed E-state index contributed by atoms with van der Waals surface area (Å²) in [5.41, 5.74) is 2.26. The Morgan fingerprint density at radius 2 is 2.09 bits per heavy atom. The number of carboxylic acid groups (broad SMARTS) is 1. The van der Waals surface area contributed by atoms with Crippen molar-refractivity contribution in [3.8, 4) is 0 Å². The van der Waals surface area contributed by atoms with E-state index in [2.05, 4.69) is 0 Å². The molecule has 0 spiro atoms. The Bertz CT molecular complexity index is 276. The van der Waals surface area contributed by atoms with Crippen LogP contribution in [0.2, 0.25) is 0 Å². The van der Waals surface area contributed by atoms with Crippen LogP contribution in [-0.2, 0) is 4.79 Å². The predicted molar refractivity (Wildman–Crippen MR) is 43.2 cm³/mol. The van der Waals surface area contributed by atoms with Crippen molar-refractivity contribution in [3.05, 3.63) is 34.9 Å². The molecule has 2 heteroatoms. The molecule has 0 fully saturated rings. The summed E-state index contributed by atoms with van der Waals surface area (Å²) in [6.07, 6.45) is 5.19. The molecule has 0 amide bonds. The van der Waals surface area contributed by atoms with E-state index in [9.17, 15) is 4.79 Å². The second-order valence-electron chi connectivity index (χ2n) is 2.66. The van der Waals surface area contributed by atoms with Crippen LogP contribution in [0.1, 0.15) is 13.8 Å². The topological polar surface area (TPSA) is 37.3 Å². The van der Waals surface area contributed by atoms with E-state index in [1.165, 1.54) is 0 Å². The molecule has 0 aromatic carbocycles. The number of carboxylic acids is 1. The largest absolute Gasteiger partial charge is 0.478 e. The molecule has 1 aliphatic rings. The molecule has 1 N–H and O–H groups in total. The Labute approximate surface area is 65.5 Å². The van der Waals surface area contributed by atoms with Crippen LogP contribution in [0.25, 0.3) is 0 Å². The van der Waals surface area contributed by atoms with Gasteiger partial charge in [0.25, 0.3) is 0 Å². The maximum Gasteiger partial charge on any atom is 0.336 e. The first kappa shape index (κ1) is 7.79. The molecule has 0 radical (unpaired) electrons. The van der Waals surface area contributed by atoms with Gasteiger partial charge in [0.1, 0.15) is 0 Å². The molecule has 0 aromatic rings. The van der Waals surface area contributed by atoms with Crippen LogP contribution in [0, 0.1) is 0 Å². The molecular formula is C9H10O2. The second kappa shape index (κ2) is 2.74.